The molecule has 0 radical (unpaired) electrons. The number of rotatable bonds is 2. The van der Waals surface area contributed by atoms with Gasteiger partial charge in [0.25, 0.3) is 11.6 Å². The van der Waals surface area contributed by atoms with Crippen molar-refractivity contribution in [3.8, 4) is 5.75 Å². The van der Waals surface area contributed by atoms with E-state index in [0.29, 0.717) is 21.0 Å². The molecule has 0 bridgehead atoms. The van der Waals surface area contributed by atoms with Gasteiger partial charge in [0.05, 0.1) is 4.47 Å². The fourth-order valence-corrected chi connectivity index (χ4v) is 2.72. The number of fused-ring (bicyclic) bond motifs is 1. The van der Waals surface area contributed by atoms with Gasteiger partial charge in [0.1, 0.15) is 5.75 Å². The van der Waals surface area contributed by atoms with Gasteiger partial charge >= 0.3 is 5.97 Å². The van der Waals surface area contributed by atoms with Crippen LogP contribution in [0.2, 0.25) is 5.02 Å². The van der Waals surface area contributed by atoms with E-state index in [9.17, 15) is 4.79 Å². The summed E-state index contributed by atoms with van der Waals surface area (Å²) in [5.41, 5.74) is 1.64. The summed E-state index contributed by atoms with van der Waals surface area (Å²) < 4.78 is 7.35. The lowest BCUT2D eigenvalue weighted by Crippen LogP contribution is -2.11. The third-order valence-electron chi connectivity index (χ3n) is 2.90. The Morgan fingerprint density at radius 3 is 2.77 bits per heavy atom. The van der Waals surface area contributed by atoms with Gasteiger partial charge in [-0.3, -0.25) is 0 Å². The largest absolute Gasteiger partial charge is 0.419 e. The Morgan fingerprint density at radius 2 is 2.05 bits per heavy atom. The highest BCUT2D eigenvalue weighted by Gasteiger charge is 2.18. The van der Waals surface area contributed by atoms with Crippen molar-refractivity contribution in [3.63, 3.8) is 0 Å². The third kappa shape index (κ3) is 2.82. The minimum absolute atomic E-state index is 0.0527. The lowest BCUT2D eigenvalue weighted by atomic mass is 10.3. The van der Waals surface area contributed by atoms with Gasteiger partial charge in [-0.05, 0) is 54.0 Å². The first kappa shape index (κ1) is 14.9. The molecule has 0 saturated carbocycles. The predicted octanol–water partition coefficient (Wildman–Crippen LogP) is 3.38. The Bertz CT molecular complexity index is 894. The third-order valence-corrected chi connectivity index (χ3v) is 3.75. The normalized spacial score (nSPS) is 10.9. The quantitative estimate of drug-likeness (QED) is 0.503. The first-order chi connectivity index (χ1) is 10.4. The van der Waals surface area contributed by atoms with Crippen LogP contribution < -0.4 is 4.74 Å². The zero-order valence-electron chi connectivity index (χ0n) is 11.7. The molecule has 8 heteroatoms. The SMILES string of the molecule is Cc1cc(C)n2nc(C(=O)Oc3ccc(Cl)cc3Br)nc2n1. The smallest absolute Gasteiger partial charge is 0.383 e. The average molecular weight is 382 g/mol. The van der Waals surface area contributed by atoms with Crippen molar-refractivity contribution in [1.82, 2.24) is 19.6 Å². The number of ether oxygens (including phenoxy) is 1. The molecule has 0 fully saturated rings. The van der Waals surface area contributed by atoms with Crippen LogP contribution in [0.25, 0.3) is 5.78 Å². The van der Waals surface area contributed by atoms with Crippen molar-refractivity contribution < 1.29 is 9.53 Å². The molecular formula is C14H10BrClN4O2. The second-order valence-electron chi connectivity index (χ2n) is 4.65. The van der Waals surface area contributed by atoms with Crippen molar-refractivity contribution in [2.75, 3.05) is 0 Å². The number of nitrogens with zero attached hydrogens (tertiary/aromatic N) is 4. The highest BCUT2D eigenvalue weighted by atomic mass is 79.9. The summed E-state index contributed by atoms with van der Waals surface area (Å²) in [6, 6.07) is 6.71. The summed E-state index contributed by atoms with van der Waals surface area (Å²) >= 11 is 9.13. The molecule has 0 aliphatic heterocycles. The summed E-state index contributed by atoms with van der Waals surface area (Å²) in [5.74, 6) is -0.0117. The molecule has 0 saturated heterocycles. The molecular weight excluding hydrogens is 372 g/mol. The Hall–Kier alpha value is -1.99. The minimum Gasteiger partial charge on any atom is -0.419 e. The number of esters is 1. The number of hydrogen-bond donors (Lipinski definition) is 0. The second-order valence-corrected chi connectivity index (χ2v) is 5.94. The molecule has 22 heavy (non-hydrogen) atoms. The number of aromatic nitrogens is 4. The molecule has 3 aromatic rings. The Kier molecular flexibility index (Phi) is 3.84. The molecule has 0 aliphatic rings. The molecule has 2 aromatic heterocycles. The summed E-state index contributed by atoms with van der Waals surface area (Å²) in [5, 5.41) is 4.66. The van der Waals surface area contributed by atoms with E-state index < -0.39 is 5.97 Å². The van der Waals surface area contributed by atoms with E-state index in [0.717, 1.165) is 11.4 Å². The molecule has 0 unspecified atom stereocenters. The maximum Gasteiger partial charge on any atom is 0.383 e. The summed E-state index contributed by atoms with van der Waals surface area (Å²) in [7, 11) is 0. The molecule has 0 aliphatic carbocycles. The van der Waals surface area contributed by atoms with E-state index >= 15 is 0 Å². The molecule has 1 aromatic carbocycles. The van der Waals surface area contributed by atoms with Crippen LogP contribution in [-0.4, -0.2) is 25.6 Å². The predicted molar refractivity (Wildman–Crippen MR) is 84.4 cm³/mol. The van der Waals surface area contributed by atoms with Crippen LogP contribution in [0.15, 0.2) is 28.7 Å². The van der Waals surface area contributed by atoms with Crippen LogP contribution in [0.5, 0.6) is 5.75 Å². The van der Waals surface area contributed by atoms with Crippen molar-refractivity contribution in [2.45, 2.75) is 13.8 Å². The number of benzene rings is 1. The topological polar surface area (TPSA) is 69.4 Å². The Labute approximate surface area is 139 Å². The van der Waals surface area contributed by atoms with Crippen molar-refractivity contribution in [1.29, 1.82) is 0 Å². The summed E-state index contributed by atoms with van der Waals surface area (Å²) in [4.78, 5) is 20.5. The first-order valence-electron chi connectivity index (χ1n) is 6.32. The molecule has 112 valence electrons. The zero-order chi connectivity index (χ0) is 15.9. The van der Waals surface area contributed by atoms with Crippen LogP contribution in [0.1, 0.15) is 22.0 Å². The van der Waals surface area contributed by atoms with E-state index in [2.05, 4.69) is 31.0 Å². The number of carbonyl (C=O) groups excluding carboxylic acids is 1. The van der Waals surface area contributed by atoms with Gasteiger partial charge < -0.3 is 4.74 Å². The van der Waals surface area contributed by atoms with Crippen LogP contribution in [0.4, 0.5) is 0 Å². The van der Waals surface area contributed by atoms with Gasteiger partial charge in [-0.25, -0.2) is 14.3 Å². The summed E-state index contributed by atoms with van der Waals surface area (Å²) in [6.07, 6.45) is 0. The average Bonchev–Trinajstić information content (AvgIpc) is 2.86. The minimum atomic E-state index is -0.662. The van der Waals surface area contributed by atoms with Crippen LogP contribution in [-0.2, 0) is 0 Å². The van der Waals surface area contributed by atoms with Gasteiger partial charge in [-0.1, -0.05) is 11.6 Å². The number of hydrogen-bond acceptors (Lipinski definition) is 5. The fourth-order valence-electron chi connectivity index (χ4n) is 1.96. The standard InChI is InChI=1S/C14H10BrClN4O2/c1-7-5-8(2)20-14(17-7)18-12(19-20)13(21)22-11-4-3-9(16)6-10(11)15/h3-6H,1-2H3. The fraction of sp³-hybridized carbons (Fsp3) is 0.143. The van der Waals surface area contributed by atoms with Crippen LogP contribution in [0.3, 0.4) is 0 Å². The van der Waals surface area contributed by atoms with Crippen molar-refractivity contribution >= 4 is 39.3 Å². The Morgan fingerprint density at radius 1 is 1.27 bits per heavy atom. The summed E-state index contributed by atoms with van der Waals surface area (Å²) in [6.45, 7) is 3.71. The van der Waals surface area contributed by atoms with Crippen LogP contribution >= 0.6 is 27.5 Å². The van der Waals surface area contributed by atoms with Crippen LogP contribution in [0, 0.1) is 13.8 Å². The molecule has 2 heterocycles. The first-order valence-corrected chi connectivity index (χ1v) is 7.49. The highest BCUT2D eigenvalue weighted by molar-refractivity contribution is 9.10. The molecule has 0 N–H and O–H groups in total. The molecule has 3 rings (SSSR count). The van der Waals surface area contributed by atoms with E-state index in [1.807, 2.05) is 19.9 Å². The molecule has 0 amide bonds. The molecule has 6 nitrogen and oxygen atoms in total. The Balaban J connectivity index is 1.93. The lowest BCUT2D eigenvalue weighted by molar-refractivity contribution is 0.0721. The lowest BCUT2D eigenvalue weighted by Gasteiger charge is -2.04. The van der Waals surface area contributed by atoms with Gasteiger partial charge in [-0.2, -0.15) is 4.98 Å². The van der Waals surface area contributed by atoms with E-state index in [1.165, 1.54) is 4.52 Å². The monoisotopic (exact) mass is 380 g/mol. The van der Waals surface area contributed by atoms with Crippen molar-refractivity contribution in [3.05, 3.63) is 51.0 Å². The van der Waals surface area contributed by atoms with Crippen molar-refractivity contribution in [2.24, 2.45) is 0 Å². The van der Waals surface area contributed by atoms with Gasteiger partial charge in [0.15, 0.2) is 0 Å². The zero-order valence-corrected chi connectivity index (χ0v) is 14.0. The van der Waals surface area contributed by atoms with Gasteiger partial charge in [0.2, 0.25) is 0 Å². The maximum atomic E-state index is 12.2. The number of aryl methyl sites for hydroxylation is 2. The van der Waals surface area contributed by atoms with E-state index in [1.54, 1.807) is 18.2 Å². The molecule has 0 spiro atoms. The van der Waals surface area contributed by atoms with Gasteiger partial charge in [-0.15, -0.1) is 5.10 Å². The number of halogens is 2. The molecule has 0 atom stereocenters. The van der Waals surface area contributed by atoms with E-state index in [4.69, 9.17) is 16.3 Å². The number of carbonyl (C=O) groups is 1. The van der Waals surface area contributed by atoms with E-state index in [-0.39, 0.29) is 5.82 Å². The maximum absolute atomic E-state index is 12.2. The van der Waals surface area contributed by atoms with Gasteiger partial charge in [0, 0.05) is 16.4 Å². The second kappa shape index (κ2) is 5.66. The highest BCUT2D eigenvalue weighted by Crippen LogP contribution is 2.28.